The molecule has 0 bridgehead atoms. The van der Waals surface area contributed by atoms with Crippen LogP contribution in [0.2, 0.25) is 0 Å². The number of nitrogens with zero attached hydrogens (tertiary/aromatic N) is 1. The third kappa shape index (κ3) is 2.10. The Morgan fingerprint density at radius 2 is 1.78 bits per heavy atom. The van der Waals surface area contributed by atoms with Crippen LogP contribution in [0.1, 0.15) is 27.7 Å². The molecular formula is C12H18BFN2O2. The molecular weight excluding hydrogens is 234 g/mol. The molecule has 6 heteroatoms. The second-order valence-corrected chi connectivity index (χ2v) is 5.43. The van der Waals surface area contributed by atoms with Crippen LogP contribution in [0.15, 0.2) is 12.3 Å². The van der Waals surface area contributed by atoms with Crippen molar-refractivity contribution in [2.45, 2.75) is 38.9 Å². The topological polar surface area (TPSA) is 43.4 Å². The van der Waals surface area contributed by atoms with Crippen molar-refractivity contribution >= 4 is 18.4 Å². The maximum atomic E-state index is 13.3. The van der Waals surface area contributed by atoms with Gasteiger partial charge in [-0.2, -0.15) is 0 Å². The number of hydrogen-bond donors (Lipinski definition) is 1. The molecule has 18 heavy (non-hydrogen) atoms. The zero-order valence-corrected chi connectivity index (χ0v) is 11.4. The monoisotopic (exact) mass is 252 g/mol. The summed E-state index contributed by atoms with van der Waals surface area (Å²) in [5.74, 6) is 0.161. The van der Waals surface area contributed by atoms with Crippen molar-refractivity contribution in [3.8, 4) is 0 Å². The number of aromatic nitrogens is 1. The Hall–Kier alpha value is -1.14. The van der Waals surface area contributed by atoms with Crippen molar-refractivity contribution in [2.24, 2.45) is 0 Å². The fourth-order valence-electron chi connectivity index (χ4n) is 1.81. The van der Waals surface area contributed by atoms with Gasteiger partial charge >= 0.3 is 7.12 Å². The number of halogens is 1. The summed E-state index contributed by atoms with van der Waals surface area (Å²) in [4.78, 5) is 3.99. The molecule has 0 aromatic carbocycles. The van der Waals surface area contributed by atoms with Crippen molar-refractivity contribution in [3.05, 3.63) is 18.1 Å². The minimum atomic E-state index is -0.611. The largest absolute Gasteiger partial charge is 0.498 e. The van der Waals surface area contributed by atoms with E-state index < -0.39 is 24.1 Å². The molecule has 0 saturated carbocycles. The van der Waals surface area contributed by atoms with Gasteiger partial charge < -0.3 is 14.6 Å². The van der Waals surface area contributed by atoms with E-state index in [1.807, 2.05) is 27.7 Å². The van der Waals surface area contributed by atoms with E-state index in [-0.39, 0.29) is 0 Å². The number of pyridine rings is 1. The van der Waals surface area contributed by atoms with E-state index in [0.717, 1.165) is 0 Å². The van der Waals surface area contributed by atoms with Gasteiger partial charge in [-0.1, -0.05) is 0 Å². The molecule has 0 spiro atoms. The average Bonchev–Trinajstić information content (AvgIpc) is 2.48. The minimum absolute atomic E-state index is 0.404. The van der Waals surface area contributed by atoms with Gasteiger partial charge in [-0.15, -0.1) is 0 Å². The summed E-state index contributed by atoms with van der Waals surface area (Å²) in [6.07, 6.45) is 1.17. The zero-order chi connectivity index (χ0) is 13.6. The Balaban J connectivity index is 2.37. The quantitative estimate of drug-likeness (QED) is 0.811. The number of nitrogens with one attached hydrogen (secondary N) is 1. The Kier molecular flexibility index (Phi) is 3.11. The third-order valence-electron chi connectivity index (χ3n) is 3.63. The molecule has 1 fully saturated rings. The molecule has 2 rings (SSSR count). The van der Waals surface area contributed by atoms with E-state index in [9.17, 15) is 4.39 Å². The van der Waals surface area contributed by atoms with Crippen LogP contribution < -0.4 is 10.8 Å². The zero-order valence-electron chi connectivity index (χ0n) is 11.4. The maximum absolute atomic E-state index is 13.3. The van der Waals surface area contributed by atoms with E-state index >= 15 is 0 Å². The molecule has 0 unspecified atom stereocenters. The number of rotatable bonds is 2. The predicted molar refractivity (Wildman–Crippen MR) is 69.5 cm³/mol. The van der Waals surface area contributed by atoms with E-state index in [1.165, 1.54) is 12.3 Å². The van der Waals surface area contributed by atoms with Gasteiger partial charge in [-0.3, -0.25) is 0 Å². The summed E-state index contributed by atoms with van der Waals surface area (Å²) in [6, 6.07) is 1.39. The highest BCUT2D eigenvalue weighted by Crippen LogP contribution is 2.36. The van der Waals surface area contributed by atoms with Crippen LogP contribution in [0.3, 0.4) is 0 Å². The van der Waals surface area contributed by atoms with Crippen LogP contribution >= 0.6 is 0 Å². The molecule has 1 aliphatic rings. The first-order valence-corrected chi connectivity index (χ1v) is 5.96. The molecule has 1 N–H and O–H groups in total. The highest BCUT2D eigenvalue weighted by atomic mass is 19.1. The van der Waals surface area contributed by atoms with Crippen LogP contribution in [0.5, 0.6) is 0 Å². The number of hydrogen-bond acceptors (Lipinski definition) is 4. The Morgan fingerprint density at radius 1 is 1.22 bits per heavy atom. The van der Waals surface area contributed by atoms with Crippen molar-refractivity contribution in [2.75, 3.05) is 12.4 Å². The van der Waals surface area contributed by atoms with Gasteiger partial charge in [0.1, 0.15) is 11.6 Å². The molecule has 0 amide bonds. The third-order valence-corrected chi connectivity index (χ3v) is 3.63. The van der Waals surface area contributed by atoms with Crippen molar-refractivity contribution < 1.29 is 13.7 Å². The second-order valence-electron chi connectivity index (χ2n) is 5.43. The van der Waals surface area contributed by atoms with Crippen molar-refractivity contribution in [1.29, 1.82) is 0 Å². The molecule has 1 saturated heterocycles. The van der Waals surface area contributed by atoms with E-state index in [1.54, 1.807) is 7.05 Å². The summed E-state index contributed by atoms with van der Waals surface area (Å²) in [6.45, 7) is 7.83. The lowest BCUT2D eigenvalue weighted by atomic mass is 9.79. The summed E-state index contributed by atoms with van der Waals surface area (Å²) < 4.78 is 25.1. The van der Waals surface area contributed by atoms with E-state index in [0.29, 0.717) is 11.3 Å². The van der Waals surface area contributed by atoms with Crippen LogP contribution in [0.4, 0.5) is 10.2 Å². The van der Waals surface area contributed by atoms with E-state index in [2.05, 4.69) is 10.3 Å². The predicted octanol–water partition coefficient (Wildman–Crippen LogP) is 1.56. The first-order valence-electron chi connectivity index (χ1n) is 5.96. The van der Waals surface area contributed by atoms with Gasteiger partial charge in [0.25, 0.3) is 0 Å². The molecule has 1 aromatic heterocycles. The molecule has 1 aliphatic heterocycles. The lowest BCUT2D eigenvalue weighted by Crippen LogP contribution is -2.41. The van der Waals surface area contributed by atoms with Crippen molar-refractivity contribution in [3.63, 3.8) is 0 Å². The minimum Gasteiger partial charge on any atom is -0.399 e. The summed E-state index contributed by atoms with van der Waals surface area (Å²) in [7, 11) is 1.12. The van der Waals surface area contributed by atoms with E-state index in [4.69, 9.17) is 9.31 Å². The van der Waals surface area contributed by atoms with Gasteiger partial charge in [-0.25, -0.2) is 9.37 Å². The molecule has 98 valence electrons. The van der Waals surface area contributed by atoms with Gasteiger partial charge in [0.2, 0.25) is 0 Å². The van der Waals surface area contributed by atoms with Gasteiger partial charge in [0.15, 0.2) is 0 Å². The lowest BCUT2D eigenvalue weighted by Gasteiger charge is -2.32. The molecule has 4 nitrogen and oxygen atoms in total. The van der Waals surface area contributed by atoms with Crippen LogP contribution in [0, 0.1) is 5.82 Å². The Bertz CT molecular complexity index is 449. The van der Waals surface area contributed by atoms with Crippen LogP contribution in [0.25, 0.3) is 0 Å². The van der Waals surface area contributed by atoms with Gasteiger partial charge in [0, 0.05) is 12.5 Å². The summed E-state index contributed by atoms with van der Waals surface area (Å²) >= 11 is 0. The SMILES string of the molecule is CNc1ncc(F)cc1B1OC(C)(C)C(C)(C)O1. The Labute approximate surface area is 107 Å². The Morgan fingerprint density at radius 3 is 2.28 bits per heavy atom. The second kappa shape index (κ2) is 4.21. The smallest absolute Gasteiger partial charge is 0.399 e. The summed E-state index contributed by atoms with van der Waals surface area (Å²) in [5.41, 5.74) is -0.319. The van der Waals surface area contributed by atoms with Gasteiger partial charge in [0.05, 0.1) is 17.4 Å². The number of anilines is 1. The highest BCUT2D eigenvalue weighted by molar-refractivity contribution is 6.63. The molecule has 1 aromatic rings. The van der Waals surface area contributed by atoms with Crippen molar-refractivity contribution in [1.82, 2.24) is 4.98 Å². The first kappa shape index (κ1) is 13.3. The fraction of sp³-hybridized carbons (Fsp3) is 0.583. The van der Waals surface area contributed by atoms with Crippen LogP contribution in [-0.4, -0.2) is 30.4 Å². The molecule has 0 atom stereocenters. The maximum Gasteiger partial charge on any atom is 0.498 e. The van der Waals surface area contributed by atoms with Crippen LogP contribution in [-0.2, 0) is 9.31 Å². The first-order chi connectivity index (χ1) is 8.27. The standard InChI is InChI=1S/C12H18BFN2O2/c1-11(2)12(3,4)18-13(17-11)9-6-8(14)7-16-10(9)15-5/h6-7H,1-5H3,(H,15,16). The molecule has 2 heterocycles. The normalized spacial score (nSPS) is 21.1. The fourth-order valence-corrected chi connectivity index (χ4v) is 1.81. The van der Waals surface area contributed by atoms with Gasteiger partial charge in [-0.05, 0) is 33.8 Å². The lowest BCUT2D eigenvalue weighted by molar-refractivity contribution is 0.00578. The highest BCUT2D eigenvalue weighted by Gasteiger charge is 2.52. The molecule has 0 aliphatic carbocycles. The average molecular weight is 252 g/mol. The summed E-state index contributed by atoms with van der Waals surface area (Å²) in [5, 5.41) is 2.92. The molecule has 0 radical (unpaired) electrons.